The maximum Gasteiger partial charge on any atom is 0.225 e. The molecule has 10 heteroatoms. The van der Waals surface area contributed by atoms with Gasteiger partial charge in [0.15, 0.2) is 11.0 Å². The number of aliphatic imine (C=N–C) groups is 1. The zero-order valence-corrected chi connectivity index (χ0v) is 16.2. The van der Waals surface area contributed by atoms with Crippen molar-refractivity contribution in [1.29, 1.82) is 0 Å². The zero-order valence-electron chi connectivity index (χ0n) is 15.4. The van der Waals surface area contributed by atoms with Crippen LogP contribution in [0.5, 0.6) is 0 Å². The van der Waals surface area contributed by atoms with Gasteiger partial charge in [0.2, 0.25) is 5.95 Å². The van der Waals surface area contributed by atoms with E-state index in [0.717, 1.165) is 12.4 Å². The molecule has 0 spiro atoms. The SMILES string of the molecule is CC(C)(F)c1nc(N2C[C@H]3CSC(N)=NC3(c3ccc(F)cn3)C2)ncc1F. The van der Waals surface area contributed by atoms with Crippen LogP contribution in [0.4, 0.5) is 19.1 Å². The van der Waals surface area contributed by atoms with Crippen molar-refractivity contribution in [3.05, 3.63) is 47.5 Å². The Kier molecular flexibility index (Phi) is 4.48. The maximum atomic E-state index is 14.3. The van der Waals surface area contributed by atoms with Gasteiger partial charge in [-0.1, -0.05) is 11.8 Å². The first kappa shape index (κ1) is 19.0. The molecule has 0 radical (unpaired) electrons. The number of thioether (sulfide) groups is 1. The van der Waals surface area contributed by atoms with Crippen LogP contribution in [0.1, 0.15) is 25.2 Å². The summed E-state index contributed by atoms with van der Waals surface area (Å²) in [5.41, 5.74) is 3.57. The third-order valence-corrected chi connectivity index (χ3v) is 5.99. The number of nitrogens with zero attached hydrogens (tertiary/aromatic N) is 5. The number of nitrogens with two attached hydrogens (primary N) is 1. The molecule has 1 saturated heterocycles. The van der Waals surface area contributed by atoms with Crippen LogP contribution >= 0.6 is 11.8 Å². The molecule has 2 aliphatic rings. The normalized spacial score (nSPS) is 24.8. The molecule has 2 aromatic rings. The highest BCUT2D eigenvalue weighted by Gasteiger charge is 2.52. The Balaban J connectivity index is 1.75. The lowest BCUT2D eigenvalue weighted by Crippen LogP contribution is -2.40. The Morgan fingerprint density at radius 2 is 2.04 bits per heavy atom. The molecule has 2 atom stereocenters. The summed E-state index contributed by atoms with van der Waals surface area (Å²) in [4.78, 5) is 18.9. The molecular formula is C18H19F3N6S. The van der Waals surface area contributed by atoms with Crippen LogP contribution in [0, 0.1) is 17.6 Å². The van der Waals surface area contributed by atoms with Crippen molar-refractivity contribution >= 4 is 22.9 Å². The minimum Gasteiger partial charge on any atom is -0.379 e. The van der Waals surface area contributed by atoms with Crippen molar-refractivity contribution in [3.63, 3.8) is 0 Å². The number of pyridine rings is 1. The minimum atomic E-state index is -1.94. The number of hydrogen-bond donors (Lipinski definition) is 1. The number of aromatic nitrogens is 3. The third-order valence-electron chi connectivity index (χ3n) is 5.04. The highest BCUT2D eigenvalue weighted by Crippen LogP contribution is 2.45. The second-order valence-electron chi connectivity index (χ2n) is 7.46. The summed E-state index contributed by atoms with van der Waals surface area (Å²) in [6.45, 7) is 3.34. The van der Waals surface area contributed by atoms with Crippen LogP contribution in [-0.2, 0) is 11.2 Å². The van der Waals surface area contributed by atoms with Crippen LogP contribution < -0.4 is 10.6 Å². The number of anilines is 1. The first-order chi connectivity index (χ1) is 13.2. The molecule has 6 nitrogen and oxygen atoms in total. The molecule has 1 unspecified atom stereocenters. The molecule has 2 aliphatic heterocycles. The van der Waals surface area contributed by atoms with Crippen LogP contribution in [0.15, 0.2) is 29.5 Å². The van der Waals surface area contributed by atoms with Crippen molar-refractivity contribution in [1.82, 2.24) is 15.0 Å². The number of fused-ring (bicyclic) bond motifs is 1. The molecule has 4 rings (SSSR count). The van der Waals surface area contributed by atoms with E-state index in [1.807, 2.05) is 4.90 Å². The van der Waals surface area contributed by atoms with Crippen molar-refractivity contribution in [3.8, 4) is 0 Å². The predicted octanol–water partition coefficient (Wildman–Crippen LogP) is 2.75. The van der Waals surface area contributed by atoms with Gasteiger partial charge < -0.3 is 10.6 Å². The van der Waals surface area contributed by atoms with Gasteiger partial charge in [-0.05, 0) is 26.0 Å². The summed E-state index contributed by atoms with van der Waals surface area (Å²) in [5, 5.41) is 0.426. The fourth-order valence-electron chi connectivity index (χ4n) is 3.69. The lowest BCUT2D eigenvalue weighted by molar-refractivity contribution is 0.205. The van der Waals surface area contributed by atoms with Crippen LogP contribution in [-0.4, -0.2) is 39.0 Å². The molecule has 0 aromatic carbocycles. The van der Waals surface area contributed by atoms with Crippen molar-refractivity contribution in [2.75, 3.05) is 23.7 Å². The second-order valence-corrected chi connectivity index (χ2v) is 8.50. The van der Waals surface area contributed by atoms with Crippen LogP contribution in [0.2, 0.25) is 0 Å². The summed E-state index contributed by atoms with van der Waals surface area (Å²) in [5.74, 6) is -0.311. The molecular weight excluding hydrogens is 389 g/mol. The molecule has 28 heavy (non-hydrogen) atoms. The first-order valence-electron chi connectivity index (χ1n) is 8.76. The van der Waals surface area contributed by atoms with Crippen molar-refractivity contribution < 1.29 is 13.2 Å². The Labute approximate surface area is 164 Å². The topological polar surface area (TPSA) is 80.3 Å². The molecule has 148 valence electrons. The van der Waals surface area contributed by atoms with Crippen LogP contribution in [0.25, 0.3) is 0 Å². The fourth-order valence-corrected chi connectivity index (χ4v) is 4.67. The average molecular weight is 408 g/mol. The Hall–Kier alpha value is -2.36. The van der Waals surface area contributed by atoms with Gasteiger partial charge in [0.1, 0.15) is 22.7 Å². The van der Waals surface area contributed by atoms with Gasteiger partial charge in [0, 0.05) is 18.2 Å². The van der Waals surface area contributed by atoms with E-state index in [1.165, 1.54) is 31.7 Å². The van der Waals surface area contributed by atoms with Gasteiger partial charge in [-0.15, -0.1) is 0 Å². The summed E-state index contributed by atoms with van der Waals surface area (Å²) < 4.78 is 41.7. The summed E-state index contributed by atoms with van der Waals surface area (Å²) in [6.07, 6.45) is 2.13. The Morgan fingerprint density at radius 3 is 2.71 bits per heavy atom. The van der Waals surface area contributed by atoms with E-state index in [4.69, 9.17) is 5.73 Å². The van der Waals surface area contributed by atoms with Gasteiger partial charge in [0.05, 0.1) is 24.6 Å². The smallest absolute Gasteiger partial charge is 0.225 e. The standard InChI is InChI=1S/C18H19F3N6S/c1-17(2,21)14-12(20)6-24-16(25-14)27-7-10-8-28-15(22)26-18(10,9-27)13-4-3-11(19)5-23-13/h3-6,10H,7-9H2,1-2H3,(H2,22,26)/t10-,18?/m0/s1. The second kappa shape index (κ2) is 6.61. The van der Waals surface area contributed by atoms with Crippen molar-refractivity contribution in [2.45, 2.75) is 25.1 Å². The van der Waals surface area contributed by atoms with Gasteiger partial charge >= 0.3 is 0 Å². The van der Waals surface area contributed by atoms with E-state index in [9.17, 15) is 13.2 Å². The van der Waals surface area contributed by atoms with Gasteiger partial charge in [-0.25, -0.2) is 28.1 Å². The largest absolute Gasteiger partial charge is 0.379 e. The number of halogens is 3. The summed E-state index contributed by atoms with van der Waals surface area (Å²) in [6, 6.07) is 2.93. The monoisotopic (exact) mass is 408 g/mol. The highest BCUT2D eigenvalue weighted by atomic mass is 32.2. The molecule has 2 aromatic heterocycles. The van der Waals surface area contributed by atoms with E-state index in [-0.39, 0.29) is 17.6 Å². The molecule has 1 fully saturated rings. The number of rotatable bonds is 3. The zero-order chi connectivity index (χ0) is 20.1. The van der Waals surface area contributed by atoms with E-state index < -0.39 is 22.8 Å². The van der Waals surface area contributed by atoms with E-state index >= 15 is 0 Å². The number of hydrogen-bond acceptors (Lipinski definition) is 7. The van der Waals surface area contributed by atoms with Crippen molar-refractivity contribution in [2.24, 2.45) is 16.6 Å². The third kappa shape index (κ3) is 3.19. The number of amidine groups is 1. The Morgan fingerprint density at radius 1 is 1.25 bits per heavy atom. The maximum absolute atomic E-state index is 14.3. The minimum absolute atomic E-state index is 0.0123. The molecule has 4 heterocycles. The molecule has 0 aliphatic carbocycles. The molecule has 2 N–H and O–H groups in total. The van der Waals surface area contributed by atoms with E-state index in [0.29, 0.717) is 29.7 Å². The van der Waals surface area contributed by atoms with Gasteiger partial charge in [0.25, 0.3) is 0 Å². The highest BCUT2D eigenvalue weighted by molar-refractivity contribution is 8.13. The predicted molar refractivity (Wildman–Crippen MR) is 102 cm³/mol. The van der Waals surface area contributed by atoms with Gasteiger partial charge in [-0.3, -0.25) is 4.98 Å². The lowest BCUT2D eigenvalue weighted by Gasteiger charge is -2.33. The van der Waals surface area contributed by atoms with E-state index in [1.54, 1.807) is 6.07 Å². The Bertz CT molecular complexity index is 930. The van der Waals surface area contributed by atoms with E-state index in [2.05, 4.69) is 19.9 Å². The quantitative estimate of drug-likeness (QED) is 0.841. The first-order valence-corrected chi connectivity index (χ1v) is 9.74. The lowest BCUT2D eigenvalue weighted by atomic mass is 9.85. The van der Waals surface area contributed by atoms with Gasteiger partial charge in [-0.2, -0.15) is 0 Å². The molecule has 0 amide bonds. The fraction of sp³-hybridized carbons (Fsp3) is 0.444. The number of alkyl halides is 1. The van der Waals surface area contributed by atoms with Crippen LogP contribution in [0.3, 0.4) is 0 Å². The molecule has 0 bridgehead atoms. The summed E-state index contributed by atoms with van der Waals surface area (Å²) >= 11 is 1.44. The average Bonchev–Trinajstić information content (AvgIpc) is 3.01. The summed E-state index contributed by atoms with van der Waals surface area (Å²) in [7, 11) is 0. The molecule has 0 saturated carbocycles.